The molecule has 1 aromatic heterocycles. The third kappa shape index (κ3) is 3.16. The van der Waals surface area contributed by atoms with Crippen LogP contribution in [-0.2, 0) is 6.54 Å². The zero-order valence-electron chi connectivity index (χ0n) is 16.9. The van der Waals surface area contributed by atoms with Gasteiger partial charge in [-0.15, -0.1) is 0 Å². The number of para-hydroxylation sites is 1. The van der Waals surface area contributed by atoms with Crippen LogP contribution in [0.4, 0.5) is 4.39 Å². The molecule has 0 atom stereocenters. The predicted molar refractivity (Wildman–Crippen MR) is 120 cm³/mol. The maximum Gasteiger partial charge on any atom is 0.0911 e. The first-order chi connectivity index (χ1) is 14.3. The van der Waals surface area contributed by atoms with Crippen LogP contribution in [0, 0.1) is 0 Å². The molecule has 1 fully saturated rings. The number of aryl methyl sites for hydroxylation is 1. The minimum Gasteiger partial charge on any atom is -0.347 e. The summed E-state index contributed by atoms with van der Waals surface area (Å²) in [7, 11) is 0. The Morgan fingerprint density at radius 3 is 2.59 bits per heavy atom. The van der Waals surface area contributed by atoms with Gasteiger partial charge in [0, 0.05) is 58.9 Å². The van der Waals surface area contributed by atoms with Crippen molar-refractivity contribution in [1.29, 1.82) is 0 Å². The van der Waals surface area contributed by atoms with E-state index in [4.69, 9.17) is 0 Å². The van der Waals surface area contributed by atoms with E-state index in [0.717, 1.165) is 18.8 Å². The lowest BCUT2D eigenvalue weighted by Crippen LogP contribution is -2.30. The van der Waals surface area contributed by atoms with Crippen molar-refractivity contribution >= 4 is 33.6 Å². The summed E-state index contributed by atoms with van der Waals surface area (Å²) in [4.78, 5) is 4.83. The van der Waals surface area contributed by atoms with Gasteiger partial charge in [-0.2, -0.15) is 0 Å². The van der Waals surface area contributed by atoms with Crippen LogP contribution < -0.4 is 0 Å². The molecule has 0 spiro atoms. The topological polar surface area (TPSA) is 11.4 Å². The number of benzene rings is 2. The highest BCUT2D eigenvalue weighted by molar-refractivity contribution is 6.13. The average Bonchev–Trinajstić information content (AvgIpc) is 3.38. The van der Waals surface area contributed by atoms with E-state index in [1.54, 1.807) is 0 Å². The number of hydrogen-bond donors (Lipinski definition) is 0. The van der Waals surface area contributed by atoms with Gasteiger partial charge in [-0.05, 0) is 56.1 Å². The number of aromatic nitrogens is 1. The fraction of sp³-hybridized carbons (Fsp3) is 0.360. The molecular weight excluding hydrogens is 361 g/mol. The van der Waals surface area contributed by atoms with Gasteiger partial charge < -0.3 is 14.4 Å². The summed E-state index contributed by atoms with van der Waals surface area (Å²) in [5.74, 6) is 0. The molecule has 0 bridgehead atoms. The second kappa shape index (κ2) is 7.68. The van der Waals surface area contributed by atoms with Crippen molar-refractivity contribution in [3.63, 3.8) is 0 Å². The Morgan fingerprint density at radius 1 is 0.931 bits per heavy atom. The first-order valence-corrected chi connectivity index (χ1v) is 10.7. The van der Waals surface area contributed by atoms with Gasteiger partial charge in [-0.1, -0.05) is 30.8 Å². The zero-order valence-corrected chi connectivity index (χ0v) is 16.9. The predicted octanol–water partition coefficient (Wildman–Crippen LogP) is 5.51. The van der Waals surface area contributed by atoms with Crippen molar-refractivity contribution in [3.8, 4) is 0 Å². The molecule has 150 valence electrons. The summed E-state index contributed by atoms with van der Waals surface area (Å²) in [6.45, 7) is 9.34. The number of rotatable bonds is 6. The molecule has 2 aliphatic heterocycles. The van der Waals surface area contributed by atoms with Crippen LogP contribution in [0.2, 0.25) is 0 Å². The van der Waals surface area contributed by atoms with E-state index in [1.165, 1.54) is 58.9 Å². The van der Waals surface area contributed by atoms with Crippen molar-refractivity contribution in [2.45, 2.75) is 25.8 Å². The standard InChI is InChI=1S/C25H28FN3/c1-19-20-9-10-24-25(22-7-2-3-8-23(22)29(24)15-6-12-26)21(20)11-16-28(19)18-17-27-13-4-5-14-27/h2-3,7-11,16H,1,4-6,12-15,17-18H2. The fourth-order valence-corrected chi connectivity index (χ4v) is 4.92. The maximum atomic E-state index is 12.9. The number of nitrogens with zero attached hydrogens (tertiary/aromatic N) is 3. The van der Waals surface area contributed by atoms with Crippen LogP contribution in [0.25, 0.3) is 33.6 Å². The maximum absolute atomic E-state index is 12.9. The molecule has 1 saturated heterocycles. The van der Waals surface area contributed by atoms with Crippen LogP contribution in [0.3, 0.4) is 0 Å². The van der Waals surface area contributed by atoms with Gasteiger partial charge in [-0.25, -0.2) is 0 Å². The average molecular weight is 390 g/mol. The third-order valence-corrected chi connectivity index (χ3v) is 6.43. The second-order valence-corrected chi connectivity index (χ2v) is 8.14. The monoisotopic (exact) mass is 389 g/mol. The largest absolute Gasteiger partial charge is 0.347 e. The summed E-state index contributed by atoms with van der Waals surface area (Å²) in [6, 6.07) is 12.9. The highest BCUT2D eigenvalue weighted by Crippen LogP contribution is 2.38. The highest BCUT2D eigenvalue weighted by Gasteiger charge is 2.22. The molecule has 29 heavy (non-hydrogen) atoms. The summed E-state index contributed by atoms with van der Waals surface area (Å²) < 4.78 is 15.2. The molecule has 5 rings (SSSR count). The van der Waals surface area contributed by atoms with E-state index < -0.39 is 0 Å². The van der Waals surface area contributed by atoms with Gasteiger partial charge in [0.25, 0.3) is 0 Å². The van der Waals surface area contributed by atoms with Gasteiger partial charge >= 0.3 is 0 Å². The van der Waals surface area contributed by atoms with E-state index in [0.29, 0.717) is 13.0 Å². The first kappa shape index (κ1) is 18.4. The van der Waals surface area contributed by atoms with E-state index in [2.05, 4.69) is 69.6 Å². The molecule has 0 N–H and O–H groups in total. The van der Waals surface area contributed by atoms with Gasteiger partial charge in [0.1, 0.15) is 0 Å². The van der Waals surface area contributed by atoms with E-state index in [1.807, 2.05) is 0 Å². The molecule has 4 heteroatoms. The molecule has 3 aromatic rings. The summed E-state index contributed by atoms with van der Waals surface area (Å²) in [5.41, 5.74) is 5.88. The van der Waals surface area contributed by atoms with Crippen LogP contribution in [0.15, 0.2) is 49.2 Å². The number of likely N-dealkylation sites (tertiary alicyclic amines) is 1. The van der Waals surface area contributed by atoms with E-state index in [9.17, 15) is 4.39 Å². The quantitative estimate of drug-likeness (QED) is 0.551. The summed E-state index contributed by atoms with van der Waals surface area (Å²) in [5, 5.41) is 2.50. The molecule has 0 aliphatic carbocycles. The van der Waals surface area contributed by atoms with Gasteiger partial charge in [0.2, 0.25) is 0 Å². The minimum absolute atomic E-state index is 0.290. The Morgan fingerprint density at radius 2 is 1.76 bits per heavy atom. The van der Waals surface area contributed by atoms with Crippen molar-refractivity contribution in [1.82, 2.24) is 14.4 Å². The normalized spacial score (nSPS) is 17.0. The molecule has 0 unspecified atom stereocenters. The van der Waals surface area contributed by atoms with E-state index in [-0.39, 0.29) is 6.67 Å². The first-order valence-electron chi connectivity index (χ1n) is 10.7. The molecule has 3 nitrogen and oxygen atoms in total. The van der Waals surface area contributed by atoms with Gasteiger partial charge in [-0.3, -0.25) is 4.39 Å². The second-order valence-electron chi connectivity index (χ2n) is 8.14. The summed E-state index contributed by atoms with van der Waals surface area (Å²) >= 11 is 0. The lowest BCUT2D eigenvalue weighted by molar-refractivity contribution is 0.312. The van der Waals surface area contributed by atoms with E-state index >= 15 is 0 Å². The molecule has 2 aromatic carbocycles. The Hall–Kier alpha value is -2.59. The Bertz CT molecular complexity index is 1090. The highest BCUT2D eigenvalue weighted by atomic mass is 19.1. The molecule has 2 aliphatic rings. The number of hydrogen-bond acceptors (Lipinski definition) is 2. The molecule has 0 amide bonds. The van der Waals surface area contributed by atoms with Crippen LogP contribution >= 0.6 is 0 Å². The number of alkyl halides is 1. The SMILES string of the molecule is C=C1c2ccc3c(c2C=CN1CCN1CCCC1)c1ccccc1n3CCCF. The van der Waals surface area contributed by atoms with Gasteiger partial charge in [0.05, 0.1) is 6.67 Å². The lowest BCUT2D eigenvalue weighted by atomic mass is 9.96. The van der Waals surface area contributed by atoms with Crippen molar-refractivity contribution in [2.75, 3.05) is 32.9 Å². The Kier molecular flexibility index (Phi) is 4.88. The van der Waals surface area contributed by atoms with Crippen LogP contribution in [-0.4, -0.2) is 47.2 Å². The van der Waals surface area contributed by atoms with Crippen molar-refractivity contribution in [2.24, 2.45) is 0 Å². The number of fused-ring (bicyclic) bond motifs is 5. The van der Waals surface area contributed by atoms with Crippen molar-refractivity contribution < 1.29 is 4.39 Å². The molecule has 0 radical (unpaired) electrons. The molecule has 3 heterocycles. The van der Waals surface area contributed by atoms with Crippen molar-refractivity contribution in [3.05, 3.63) is 60.3 Å². The third-order valence-electron chi connectivity index (χ3n) is 6.43. The number of halogens is 1. The summed E-state index contributed by atoms with van der Waals surface area (Å²) in [6.07, 6.45) is 7.61. The lowest BCUT2D eigenvalue weighted by Gasteiger charge is -2.30. The zero-order chi connectivity index (χ0) is 19.8. The molecular formula is C25H28FN3. The van der Waals surface area contributed by atoms with Gasteiger partial charge in [0.15, 0.2) is 0 Å². The fourth-order valence-electron chi connectivity index (χ4n) is 4.92. The Balaban J connectivity index is 1.55. The molecule has 0 saturated carbocycles. The minimum atomic E-state index is -0.290. The Labute approximate surface area is 171 Å². The van der Waals surface area contributed by atoms with Crippen LogP contribution in [0.5, 0.6) is 0 Å². The smallest absolute Gasteiger partial charge is 0.0911 e. The van der Waals surface area contributed by atoms with Crippen LogP contribution in [0.1, 0.15) is 30.4 Å².